The SMILES string of the molecule is CCOC(=O)C1=C(c2ccccc2)N=c2s/c(=C\c3cc(Cl)ccc3OCc3ccc(Cl)cc3)c(=O)n2[C@H]1c1ccc(Cl)cc1. The second kappa shape index (κ2) is 13.5. The first-order chi connectivity index (χ1) is 21.8. The summed E-state index contributed by atoms with van der Waals surface area (Å²) < 4.78 is 13.6. The summed E-state index contributed by atoms with van der Waals surface area (Å²) >= 11 is 19.9. The Morgan fingerprint density at radius 1 is 0.911 bits per heavy atom. The molecule has 0 aliphatic carbocycles. The van der Waals surface area contributed by atoms with Crippen molar-refractivity contribution in [1.82, 2.24) is 4.57 Å². The number of carbonyl (C=O) groups is 1. The van der Waals surface area contributed by atoms with Crippen molar-refractivity contribution in [1.29, 1.82) is 0 Å². The molecule has 0 amide bonds. The van der Waals surface area contributed by atoms with Crippen LogP contribution in [0.2, 0.25) is 15.1 Å². The second-order valence-corrected chi connectivity index (χ2v) is 12.4. The molecule has 1 aromatic heterocycles. The number of esters is 1. The van der Waals surface area contributed by atoms with Crippen LogP contribution in [0.25, 0.3) is 11.8 Å². The molecule has 5 aromatic rings. The number of benzene rings is 4. The second-order valence-electron chi connectivity index (χ2n) is 10.1. The Bertz CT molecular complexity index is 2090. The van der Waals surface area contributed by atoms with Gasteiger partial charge in [0, 0.05) is 26.2 Å². The Morgan fingerprint density at radius 2 is 1.58 bits per heavy atom. The van der Waals surface area contributed by atoms with Crippen molar-refractivity contribution in [2.24, 2.45) is 4.99 Å². The monoisotopic (exact) mass is 674 g/mol. The van der Waals surface area contributed by atoms with E-state index >= 15 is 0 Å². The van der Waals surface area contributed by atoms with E-state index in [0.29, 0.717) is 53.6 Å². The van der Waals surface area contributed by atoms with Gasteiger partial charge in [-0.3, -0.25) is 9.36 Å². The molecule has 1 aliphatic heterocycles. The van der Waals surface area contributed by atoms with Gasteiger partial charge in [0.25, 0.3) is 5.56 Å². The zero-order valence-corrected chi connectivity index (χ0v) is 27.0. The van der Waals surface area contributed by atoms with Crippen LogP contribution in [0.4, 0.5) is 0 Å². The molecule has 6 rings (SSSR count). The molecule has 4 aromatic carbocycles. The molecule has 0 N–H and O–H groups in total. The number of aromatic nitrogens is 1. The molecule has 226 valence electrons. The Balaban J connectivity index is 1.53. The van der Waals surface area contributed by atoms with Gasteiger partial charge >= 0.3 is 5.97 Å². The van der Waals surface area contributed by atoms with Crippen LogP contribution in [-0.4, -0.2) is 17.1 Å². The Labute approximate surface area is 278 Å². The zero-order valence-electron chi connectivity index (χ0n) is 23.9. The summed E-state index contributed by atoms with van der Waals surface area (Å²) in [4.78, 5) is 33.2. The van der Waals surface area contributed by atoms with Crippen LogP contribution in [0.3, 0.4) is 0 Å². The van der Waals surface area contributed by atoms with Crippen molar-refractivity contribution in [2.45, 2.75) is 19.6 Å². The van der Waals surface area contributed by atoms with Gasteiger partial charge in [0.1, 0.15) is 12.4 Å². The highest BCUT2D eigenvalue weighted by atomic mass is 35.5. The minimum absolute atomic E-state index is 0.162. The van der Waals surface area contributed by atoms with Gasteiger partial charge in [0.15, 0.2) is 4.80 Å². The average Bonchev–Trinajstić information content (AvgIpc) is 3.35. The maximum absolute atomic E-state index is 14.2. The summed E-state index contributed by atoms with van der Waals surface area (Å²) in [5.74, 6) is -0.00585. The van der Waals surface area contributed by atoms with Gasteiger partial charge in [-0.05, 0) is 66.6 Å². The summed E-state index contributed by atoms with van der Waals surface area (Å²) in [6, 6.07) is 28.3. The van der Waals surface area contributed by atoms with Gasteiger partial charge in [-0.25, -0.2) is 9.79 Å². The van der Waals surface area contributed by atoms with E-state index in [9.17, 15) is 9.59 Å². The molecule has 0 unspecified atom stereocenters. The molecule has 0 saturated heterocycles. The lowest BCUT2D eigenvalue weighted by molar-refractivity contribution is -0.138. The standard InChI is InChI=1S/C35H25Cl3N2O4S/c1-2-43-34(42)30-31(22-6-4-3-5-7-22)39-35-40(32(30)23-10-14-26(37)15-11-23)33(41)29(45-35)19-24-18-27(38)16-17-28(24)44-20-21-8-12-25(36)13-9-21/h3-19,32H,2,20H2,1H3/b29-19-/t32-/m0/s1. The van der Waals surface area contributed by atoms with Crippen molar-refractivity contribution in [2.75, 3.05) is 6.61 Å². The van der Waals surface area contributed by atoms with Crippen LogP contribution in [-0.2, 0) is 16.1 Å². The lowest BCUT2D eigenvalue weighted by Crippen LogP contribution is -2.40. The minimum atomic E-state index is -0.810. The topological polar surface area (TPSA) is 69.9 Å². The number of carbonyl (C=O) groups excluding carboxylic acids is 1. The van der Waals surface area contributed by atoms with Crippen LogP contribution < -0.4 is 19.6 Å². The smallest absolute Gasteiger partial charge is 0.338 e. The largest absolute Gasteiger partial charge is 0.488 e. The highest BCUT2D eigenvalue weighted by Crippen LogP contribution is 2.35. The lowest BCUT2D eigenvalue weighted by atomic mass is 9.93. The lowest BCUT2D eigenvalue weighted by Gasteiger charge is -2.25. The summed E-state index contributed by atoms with van der Waals surface area (Å²) in [5, 5.41) is 1.66. The molecular weight excluding hydrogens is 651 g/mol. The predicted octanol–water partition coefficient (Wildman–Crippen LogP) is 7.47. The fraction of sp³-hybridized carbons (Fsp3) is 0.114. The number of hydrogen-bond acceptors (Lipinski definition) is 6. The first kappa shape index (κ1) is 30.9. The van der Waals surface area contributed by atoms with E-state index in [2.05, 4.69) is 0 Å². The van der Waals surface area contributed by atoms with Crippen LogP contribution in [0.5, 0.6) is 5.75 Å². The average molecular weight is 676 g/mol. The Kier molecular flexibility index (Phi) is 9.24. The Hall–Kier alpha value is -4.14. The summed E-state index contributed by atoms with van der Waals surface area (Å²) in [5.41, 5.74) is 3.35. The van der Waals surface area contributed by atoms with Gasteiger partial charge in [0.05, 0.1) is 28.5 Å². The first-order valence-electron chi connectivity index (χ1n) is 14.0. The molecule has 0 saturated carbocycles. The van der Waals surface area contributed by atoms with Gasteiger partial charge in [0.2, 0.25) is 0 Å². The molecule has 0 bridgehead atoms. The number of nitrogens with zero attached hydrogens (tertiary/aromatic N) is 2. The number of halogens is 3. The fourth-order valence-corrected chi connectivity index (χ4v) is 6.47. The molecule has 45 heavy (non-hydrogen) atoms. The van der Waals surface area contributed by atoms with Crippen molar-refractivity contribution in [3.05, 3.63) is 160 Å². The van der Waals surface area contributed by atoms with Crippen molar-refractivity contribution in [3.8, 4) is 5.75 Å². The highest BCUT2D eigenvalue weighted by molar-refractivity contribution is 7.07. The van der Waals surface area contributed by atoms with Crippen LogP contribution in [0, 0.1) is 0 Å². The third-order valence-electron chi connectivity index (χ3n) is 7.13. The van der Waals surface area contributed by atoms with Crippen LogP contribution >= 0.6 is 46.1 Å². The molecule has 0 spiro atoms. The Morgan fingerprint density at radius 3 is 2.27 bits per heavy atom. The third-order valence-corrected chi connectivity index (χ3v) is 8.85. The third kappa shape index (κ3) is 6.63. The summed E-state index contributed by atoms with van der Waals surface area (Å²) in [6.45, 7) is 2.20. The molecule has 2 heterocycles. The number of hydrogen-bond donors (Lipinski definition) is 0. The molecule has 0 radical (unpaired) electrons. The van der Waals surface area contributed by atoms with E-state index in [4.69, 9.17) is 49.3 Å². The van der Waals surface area contributed by atoms with Gasteiger partial charge < -0.3 is 9.47 Å². The fourth-order valence-electron chi connectivity index (χ4n) is 5.05. The van der Waals surface area contributed by atoms with Crippen molar-refractivity contribution >= 4 is 63.9 Å². The van der Waals surface area contributed by atoms with E-state index in [1.807, 2.05) is 42.5 Å². The molecule has 10 heteroatoms. The van der Waals surface area contributed by atoms with E-state index in [-0.39, 0.29) is 17.7 Å². The number of fused-ring (bicyclic) bond motifs is 1. The first-order valence-corrected chi connectivity index (χ1v) is 16.0. The van der Waals surface area contributed by atoms with E-state index < -0.39 is 12.0 Å². The normalized spacial score (nSPS) is 14.6. The molecule has 1 aliphatic rings. The predicted molar refractivity (Wildman–Crippen MR) is 180 cm³/mol. The van der Waals surface area contributed by atoms with Gasteiger partial charge in [-0.15, -0.1) is 0 Å². The molecule has 0 fully saturated rings. The van der Waals surface area contributed by atoms with Gasteiger partial charge in [-0.2, -0.15) is 0 Å². The van der Waals surface area contributed by atoms with Crippen LogP contribution in [0.15, 0.2) is 112 Å². The molecule has 6 nitrogen and oxygen atoms in total. The highest BCUT2D eigenvalue weighted by Gasteiger charge is 2.35. The van der Waals surface area contributed by atoms with E-state index in [1.165, 1.54) is 15.9 Å². The number of thiazole rings is 1. The zero-order chi connectivity index (χ0) is 31.5. The number of ether oxygens (including phenoxy) is 2. The van der Waals surface area contributed by atoms with Crippen molar-refractivity contribution in [3.63, 3.8) is 0 Å². The van der Waals surface area contributed by atoms with Gasteiger partial charge in [-0.1, -0.05) is 101 Å². The van der Waals surface area contributed by atoms with E-state index in [1.54, 1.807) is 67.6 Å². The van der Waals surface area contributed by atoms with Crippen LogP contribution in [0.1, 0.15) is 35.2 Å². The maximum atomic E-state index is 14.2. The van der Waals surface area contributed by atoms with Crippen molar-refractivity contribution < 1.29 is 14.3 Å². The van der Waals surface area contributed by atoms with E-state index in [0.717, 1.165) is 11.1 Å². The maximum Gasteiger partial charge on any atom is 0.338 e. The number of rotatable bonds is 8. The molecular formula is C35H25Cl3N2O4S. The summed E-state index contributed by atoms with van der Waals surface area (Å²) in [6.07, 6.45) is 1.74. The molecule has 1 atom stereocenters. The minimum Gasteiger partial charge on any atom is -0.488 e. The summed E-state index contributed by atoms with van der Waals surface area (Å²) in [7, 11) is 0. The quantitative estimate of drug-likeness (QED) is 0.160.